The summed E-state index contributed by atoms with van der Waals surface area (Å²) in [4.78, 5) is 38.3. The fraction of sp³-hybridized carbons (Fsp3) is 0.240. The minimum Gasteiger partial charge on any atom is -0.352 e. The zero-order chi connectivity index (χ0) is 23.1. The molecule has 0 aliphatic carbocycles. The summed E-state index contributed by atoms with van der Waals surface area (Å²) in [6, 6.07) is 15.4. The highest BCUT2D eigenvalue weighted by Crippen LogP contribution is 2.07. The maximum absolute atomic E-state index is 13.0. The number of hydrogen-bond donors (Lipinski definition) is 2. The molecular formula is C25H26FN3O3. The van der Waals surface area contributed by atoms with E-state index in [1.54, 1.807) is 30.5 Å². The van der Waals surface area contributed by atoms with Crippen molar-refractivity contribution in [3.05, 3.63) is 105 Å². The topological polar surface area (TPSA) is 80.2 Å². The van der Waals surface area contributed by atoms with Gasteiger partial charge in [0.15, 0.2) is 0 Å². The number of carbonyl (C=O) groups is 2. The van der Waals surface area contributed by atoms with Crippen molar-refractivity contribution in [2.45, 2.75) is 32.9 Å². The second-order valence-corrected chi connectivity index (χ2v) is 7.83. The Morgan fingerprint density at radius 2 is 1.53 bits per heavy atom. The molecule has 1 heterocycles. The molecule has 0 aliphatic rings. The van der Waals surface area contributed by atoms with Crippen LogP contribution in [0, 0.1) is 5.82 Å². The molecule has 0 bridgehead atoms. The summed E-state index contributed by atoms with van der Waals surface area (Å²) in [5.74, 6) is -1.40. The van der Waals surface area contributed by atoms with Crippen molar-refractivity contribution in [1.29, 1.82) is 0 Å². The maximum atomic E-state index is 13.0. The van der Waals surface area contributed by atoms with Gasteiger partial charge in [-0.3, -0.25) is 14.4 Å². The summed E-state index contributed by atoms with van der Waals surface area (Å²) in [7, 11) is 0. The molecule has 166 valence electrons. The van der Waals surface area contributed by atoms with Crippen molar-refractivity contribution in [2.24, 2.45) is 0 Å². The van der Waals surface area contributed by atoms with Gasteiger partial charge in [-0.1, -0.05) is 42.5 Å². The number of hydrogen-bond acceptors (Lipinski definition) is 3. The minimum absolute atomic E-state index is 0.0826. The van der Waals surface area contributed by atoms with Gasteiger partial charge < -0.3 is 15.2 Å². The van der Waals surface area contributed by atoms with Crippen LogP contribution in [0.3, 0.4) is 0 Å². The monoisotopic (exact) mass is 435 g/mol. The highest BCUT2D eigenvalue weighted by Gasteiger charge is 2.19. The van der Waals surface area contributed by atoms with E-state index in [-0.39, 0.29) is 29.5 Å². The summed E-state index contributed by atoms with van der Waals surface area (Å²) >= 11 is 0. The number of aromatic nitrogens is 1. The lowest BCUT2D eigenvalue weighted by Crippen LogP contribution is -2.38. The average molecular weight is 435 g/mol. The van der Waals surface area contributed by atoms with Gasteiger partial charge in [-0.2, -0.15) is 0 Å². The van der Waals surface area contributed by atoms with E-state index in [1.807, 2.05) is 30.3 Å². The molecule has 2 N–H and O–H groups in total. The zero-order valence-electron chi connectivity index (χ0n) is 18.1. The Labute approximate surface area is 186 Å². The molecule has 2 aromatic carbocycles. The number of amides is 2. The highest BCUT2D eigenvalue weighted by molar-refractivity contribution is 5.99. The quantitative estimate of drug-likeness (QED) is 0.571. The summed E-state index contributed by atoms with van der Waals surface area (Å²) in [5, 5.41) is 5.43. The highest BCUT2D eigenvalue weighted by atomic mass is 19.1. The summed E-state index contributed by atoms with van der Waals surface area (Å²) in [5.41, 5.74) is 1.02. The summed E-state index contributed by atoms with van der Waals surface area (Å²) in [6.07, 6.45) is 3.43. The second-order valence-electron chi connectivity index (χ2n) is 7.83. The van der Waals surface area contributed by atoms with Crippen molar-refractivity contribution in [2.75, 3.05) is 6.54 Å². The molecule has 7 heteroatoms. The first-order valence-corrected chi connectivity index (χ1v) is 10.4. The predicted octanol–water partition coefficient (Wildman–Crippen LogP) is 3.15. The third-order valence-corrected chi connectivity index (χ3v) is 4.81. The van der Waals surface area contributed by atoms with Crippen molar-refractivity contribution in [1.82, 2.24) is 15.2 Å². The van der Waals surface area contributed by atoms with E-state index in [2.05, 4.69) is 10.6 Å². The van der Waals surface area contributed by atoms with E-state index in [1.165, 1.54) is 24.5 Å². The van der Waals surface area contributed by atoms with Gasteiger partial charge in [0.25, 0.3) is 11.8 Å². The molecule has 6 nitrogen and oxygen atoms in total. The van der Waals surface area contributed by atoms with Gasteiger partial charge in [0.2, 0.25) is 5.43 Å². The van der Waals surface area contributed by atoms with E-state index >= 15 is 0 Å². The molecule has 3 rings (SSSR count). The summed E-state index contributed by atoms with van der Waals surface area (Å²) < 4.78 is 14.7. The summed E-state index contributed by atoms with van der Waals surface area (Å²) in [6.45, 7) is 4.27. The molecule has 2 amide bonds. The van der Waals surface area contributed by atoms with Gasteiger partial charge in [-0.05, 0) is 43.5 Å². The normalized spacial score (nSPS) is 10.8. The first-order valence-electron chi connectivity index (χ1n) is 10.4. The molecule has 1 aromatic heterocycles. The lowest BCUT2D eigenvalue weighted by Gasteiger charge is -2.14. The van der Waals surface area contributed by atoms with Gasteiger partial charge in [-0.25, -0.2) is 4.39 Å². The van der Waals surface area contributed by atoms with Crippen LogP contribution in [-0.2, 0) is 13.0 Å². The molecule has 0 saturated carbocycles. The van der Waals surface area contributed by atoms with Crippen LogP contribution in [0.1, 0.15) is 45.7 Å². The van der Waals surface area contributed by atoms with Crippen LogP contribution in [-0.4, -0.2) is 29.0 Å². The Hall–Kier alpha value is -3.74. The maximum Gasteiger partial charge on any atom is 0.256 e. The van der Waals surface area contributed by atoms with Gasteiger partial charge in [0.1, 0.15) is 16.9 Å². The van der Waals surface area contributed by atoms with Gasteiger partial charge in [0.05, 0.1) is 0 Å². The van der Waals surface area contributed by atoms with E-state index < -0.39 is 17.2 Å². The Bertz CT molecular complexity index is 1140. The molecule has 0 saturated heterocycles. The number of nitrogens with zero attached hydrogens (tertiary/aromatic N) is 1. The largest absolute Gasteiger partial charge is 0.352 e. The lowest BCUT2D eigenvalue weighted by molar-refractivity contribution is 0.0941. The van der Waals surface area contributed by atoms with Gasteiger partial charge in [0, 0.05) is 31.5 Å². The van der Waals surface area contributed by atoms with Crippen molar-refractivity contribution in [3.63, 3.8) is 0 Å². The first kappa shape index (κ1) is 22.9. The Balaban J connectivity index is 1.83. The van der Waals surface area contributed by atoms with Crippen LogP contribution >= 0.6 is 0 Å². The van der Waals surface area contributed by atoms with Crippen LogP contribution in [0.5, 0.6) is 0 Å². The van der Waals surface area contributed by atoms with Crippen molar-refractivity contribution in [3.8, 4) is 0 Å². The number of pyridine rings is 1. The van der Waals surface area contributed by atoms with Crippen LogP contribution < -0.4 is 16.1 Å². The first-order chi connectivity index (χ1) is 15.3. The van der Waals surface area contributed by atoms with Crippen LogP contribution in [0.25, 0.3) is 0 Å². The zero-order valence-corrected chi connectivity index (χ0v) is 18.1. The second kappa shape index (κ2) is 10.5. The Morgan fingerprint density at radius 1 is 0.906 bits per heavy atom. The van der Waals surface area contributed by atoms with Gasteiger partial charge in [-0.15, -0.1) is 0 Å². The standard InChI is InChI=1S/C25H26FN3O3/c1-17(2)28-25(32)22-16-29(14-19-6-4-3-5-7-19)15-21(23(22)30)24(31)27-13-12-18-8-10-20(26)11-9-18/h3-11,15-17H,12-14H2,1-2H3,(H,27,31)(H,28,32). The number of halogens is 1. The van der Waals surface area contributed by atoms with Crippen LogP contribution in [0.2, 0.25) is 0 Å². The molecule has 0 unspecified atom stereocenters. The fourth-order valence-corrected chi connectivity index (χ4v) is 3.25. The molecule has 3 aromatic rings. The molecule has 0 spiro atoms. The van der Waals surface area contributed by atoms with Crippen molar-refractivity contribution >= 4 is 11.8 Å². The molecular weight excluding hydrogens is 409 g/mol. The van der Waals surface area contributed by atoms with E-state index in [4.69, 9.17) is 0 Å². The molecule has 0 atom stereocenters. The lowest BCUT2D eigenvalue weighted by atomic mass is 10.1. The third kappa shape index (κ3) is 6.14. The Kier molecular flexibility index (Phi) is 7.54. The van der Waals surface area contributed by atoms with E-state index in [0.717, 1.165) is 11.1 Å². The number of carbonyl (C=O) groups excluding carboxylic acids is 2. The number of nitrogens with one attached hydrogen (secondary N) is 2. The van der Waals surface area contributed by atoms with Crippen LogP contribution in [0.15, 0.2) is 71.8 Å². The number of benzene rings is 2. The minimum atomic E-state index is -0.619. The Morgan fingerprint density at radius 3 is 2.16 bits per heavy atom. The van der Waals surface area contributed by atoms with E-state index in [9.17, 15) is 18.8 Å². The van der Waals surface area contributed by atoms with Crippen molar-refractivity contribution < 1.29 is 14.0 Å². The molecule has 0 fully saturated rings. The van der Waals surface area contributed by atoms with E-state index in [0.29, 0.717) is 13.0 Å². The predicted molar refractivity (Wildman–Crippen MR) is 121 cm³/mol. The SMILES string of the molecule is CC(C)NC(=O)c1cn(Cc2ccccc2)cc(C(=O)NCCc2ccc(F)cc2)c1=O. The molecule has 0 aliphatic heterocycles. The number of rotatable bonds is 8. The third-order valence-electron chi connectivity index (χ3n) is 4.81. The smallest absolute Gasteiger partial charge is 0.256 e. The average Bonchev–Trinajstić information content (AvgIpc) is 2.76. The fourth-order valence-electron chi connectivity index (χ4n) is 3.25. The van der Waals surface area contributed by atoms with Crippen LogP contribution in [0.4, 0.5) is 4.39 Å². The van der Waals surface area contributed by atoms with Gasteiger partial charge >= 0.3 is 0 Å². The molecule has 32 heavy (non-hydrogen) atoms. The molecule has 0 radical (unpaired) electrons.